The summed E-state index contributed by atoms with van der Waals surface area (Å²) in [6, 6.07) is 9.30. The van der Waals surface area contributed by atoms with Crippen LogP contribution >= 0.6 is 11.6 Å². The standard InChI is InChI=1S/C21H20ClNO5/c1-21(11-7-16(25-2)19(27-4)17(8-11)26-3)13-6-5-12(22)9-14(13)23-15-10-28-20(24)18(15)21/h5-9,23H,10H2,1-4H3. The fourth-order valence-corrected chi connectivity index (χ4v) is 4.20. The van der Waals surface area contributed by atoms with Crippen LogP contribution in [-0.2, 0) is 14.9 Å². The number of nitrogens with one attached hydrogen (secondary N) is 1. The van der Waals surface area contributed by atoms with E-state index in [0.29, 0.717) is 27.8 Å². The molecule has 4 rings (SSSR count). The fraction of sp³-hybridized carbons (Fsp3) is 0.286. The third kappa shape index (κ3) is 2.52. The first-order valence-electron chi connectivity index (χ1n) is 8.72. The Bertz CT molecular complexity index is 991. The van der Waals surface area contributed by atoms with Crippen molar-refractivity contribution in [3.05, 3.63) is 57.8 Å². The van der Waals surface area contributed by atoms with E-state index < -0.39 is 5.41 Å². The molecule has 0 amide bonds. The minimum absolute atomic E-state index is 0.195. The molecule has 2 aromatic carbocycles. The Kier molecular flexibility index (Phi) is 4.38. The number of rotatable bonds is 4. The molecule has 0 spiro atoms. The number of benzene rings is 2. The Morgan fingerprint density at radius 2 is 1.75 bits per heavy atom. The van der Waals surface area contributed by atoms with Crippen LogP contribution in [0.1, 0.15) is 18.1 Å². The van der Waals surface area contributed by atoms with Crippen LogP contribution in [0.3, 0.4) is 0 Å². The molecule has 28 heavy (non-hydrogen) atoms. The van der Waals surface area contributed by atoms with Gasteiger partial charge in [0.25, 0.3) is 0 Å². The summed E-state index contributed by atoms with van der Waals surface area (Å²) in [6.45, 7) is 2.18. The predicted octanol–water partition coefficient (Wildman–Crippen LogP) is 3.91. The van der Waals surface area contributed by atoms with Crippen molar-refractivity contribution in [2.45, 2.75) is 12.3 Å². The van der Waals surface area contributed by atoms with Crippen molar-refractivity contribution in [2.75, 3.05) is 33.3 Å². The zero-order chi connectivity index (χ0) is 20.1. The first-order chi connectivity index (χ1) is 13.4. The van der Waals surface area contributed by atoms with Gasteiger partial charge < -0.3 is 24.3 Å². The van der Waals surface area contributed by atoms with Crippen molar-refractivity contribution in [1.82, 2.24) is 0 Å². The van der Waals surface area contributed by atoms with Crippen LogP contribution < -0.4 is 19.5 Å². The Hall–Kier alpha value is -2.86. The summed E-state index contributed by atoms with van der Waals surface area (Å²) in [7, 11) is 4.68. The summed E-state index contributed by atoms with van der Waals surface area (Å²) >= 11 is 6.21. The highest BCUT2D eigenvalue weighted by molar-refractivity contribution is 6.31. The average molecular weight is 402 g/mol. The zero-order valence-corrected chi connectivity index (χ0v) is 16.8. The third-order valence-electron chi connectivity index (χ3n) is 5.40. The van der Waals surface area contributed by atoms with Gasteiger partial charge in [-0.2, -0.15) is 0 Å². The molecular formula is C21H20ClNO5. The molecule has 0 aromatic heterocycles. The predicted molar refractivity (Wildman–Crippen MR) is 106 cm³/mol. The largest absolute Gasteiger partial charge is 0.493 e. The number of anilines is 1. The summed E-state index contributed by atoms with van der Waals surface area (Å²) in [4.78, 5) is 12.7. The number of carbonyl (C=O) groups excluding carboxylic acids is 1. The molecule has 0 fully saturated rings. The van der Waals surface area contributed by atoms with Crippen molar-refractivity contribution < 1.29 is 23.7 Å². The van der Waals surface area contributed by atoms with Crippen LogP contribution in [0.5, 0.6) is 17.2 Å². The van der Waals surface area contributed by atoms with Gasteiger partial charge in [-0.05, 0) is 42.3 Å². The summed E-state index contributed by atoms with van der Waals surface area (Å²) in [5.74, 6) is 1.17. The number of esters is 1. The number of hydrogen-bond donors (Lipinski definition) is 1. The lowest BCUT2D eigenvalue weighted by molar-refractivity contribution is -0.136. The summed E-state index contributed by atoms with van der Waals surface area (Å²) in [6.07, 6.45) is 0. The zero-order valence-electron chi connectivity index (χ0n) is 16.0. The van der Waals surface area contributed by atoms with Crippen LogP contribution in [0.2, 0.25) is 5.02 Å². The monoisotopic (exact) mass is 401 g/mol. The first-order valence-corrected chi connectivity index (χ1v) is 9.10. The van der Waals surface area contributed by atoms with Gasteiger partial charge in [0.05, 0.1) is 38.0 Å². The Balaban J connectivity index is 2.03. The van der Waals surface area contributed by atoms with Gasteiger partial charge in [-0.15, -0.1) is 0 Å². The van der Waals surface area contributed by atoms with Gasteiger partial charge in [0.15, 0.2) is 11.5 Å². The number of fused-ring (bicyclic) bond motifs is 1. The van der Waals surface area contributed by atoms with Crippen LogP contribution in [0.4, 0.5) is 5.69 Å². The molecule has 0 radical (unpaired) electrons. The molecule has 7 heteroatoms. The molecule has 6 nitrogen and oxygen atoms in total. The normalized spacial score (nSPS) is 20.1. The van der Waals surface area contributed by atoms with Gasteiger partial charge in [0.1, 0.15) is 6.61 Å². The van der Waals surface area contributed by atoms with Crippen molar-refractivity contribution in [3.8, 4) is 17.2 Å². The van der Waals surface area contributed by atoms with E-state index in [0.717, 1.165) is 22.5 Å². The highest BCUT2D eigenvalue weighted by Gasteiger charge is 2.47. The van der Waals surface area contributed by atoms with Crippen LogP contribution in [0.15, 0.2) is 41.6 Å². The van der Waals surface area contributed by atoms with Gasteiger partial charge in [0, 0.05) is 10.7 Å². The van der Waals surface area contributed by atoms with Crippen molar-refractivity contribution >= 4 is 23.3 Å². The van der Waals surface area contributed by atoms with Gasteiger partial charge in [-0.3, -0.25) is 0 Å². The number of carbonyl (C=O) groups is 1. The van der Waals surface area contributed by atoms with E-state index in [1.165, 1.54) is 0 Å². The average Bonchev–Trinajstić information content (AvgIpc) is 3.07. The van der Waals surface area contributed by atoms with Gasteiger partial charge >= 0.3 is 5.97 Å². The molecule has 146 valence electrons. The van der Waals surface area contributed by atoms with Crippen molar-refractivity contribution in [3.63, 3.8) is 0 Å². The number of ether oxygens (including phenoxy) is 4. The first kappa shape index (κ1) is 18.5. The van der Waals surface area contributed by atoms with E-state index in [-0.39, 0.29) is 12.6 Å². The molecule has 1 N–H and O–H groups in total. The molecule has 1 unspecified atom stereocenters. The molecule has 2 aliphatic rings. The van der Waals surface area contributed by atoms with Gasteiger partial charge in [-0.25, -0.2) is 4.79 Å². The smallest absolute Gasteiger partial charge is 0.337 e. The second-order valence-electron chi connectivity index (χ2n) is 6.78. The highest BCUT2D eigenvalue weighted by atomic mass is 35.5. The molecule has 0 aliphatic carbocycles. The number of hydrogen-bond acceptors (Lipinski definition) is 6. The number of methoxy groups -OCH3 is 3. The van der Waals surface area contributed by atoms with Crippen LogP contribution in [0, 0.1) is 0 Å². The Labute approximate surface area is 168 Å². The Morgan fingerprint density at radius 3 is 2.36 bits per heavy atom. The fourth-order valence-electron chi connectivity index (χ4n) is 4.03. The SMILES string of the molecule is COc1cc(C2(C)C3=C(COC3=O)Nc3cc(Cl)ccc32)cc(OC)c1OC. The van der Waals surface area contributed by atoms with Crippen LogP contribution in [0.25, 0.3) is 0 Å². The number of halogens is 1. The molecule has 0 saturated carbocycles. The van der Waals surface area contributed by atoms with Gasteiger partial charge in [-0.1, -0.05) is 17.7 Å². The van der Waals surface area contributed by atoms with E-state index in [1.54, 1.807) is 21.3 Å². The maximum absolute atomic E-state index is 12.7. The van der Waals surface area contributed by atoms with E-state index in [9.17, 15) is 4.79 Å². The molecule has 2 aromatic rings. The summed E-state index contributed by atoms with van der Waals surface area (Å²) in [5, 5.41) is 3.90. The second-order valence-corrected chi connectivity index (χ2v) is 7.22. The van der Waals surface area contributed by atoms with E-state index in [1.807, 2.05) is 37.3 Å². The lowest BCUT2D eigenvalue weighted by Gasteiger charge is -2.37. The van der Waals surface area contributed by atoms with E-state index >= 15 is 0 Å². The van der Waals surface area contributed by atoms with Crippen molar-refractivity contribution in [2.24, 2.45) is 0 Å². The highest BCUT2D eigenvalue weighted by Crippen LogP contribution is 2.52. The molecule has 1 atom stereocenters. The molecule has 2 heterocycles. The molecule has 0 bridgehead atoms. The molecule has 2 aliphatic heterocycles. The molecule has 0 saturated heterocycles. The van der Waals surface area contributed by atoms with Gasteiger partial charge in [0.2, 0.25) is 5.75 Å². The third-order valence-corrected chi connectivity index (χ3v) is 5.64. The topological polar surface area (TPSA) is 66.0 Å². The number of cyclic esters (lactones) is 1. The Morgan fingerprint density at radius 1 is 1.07 bits per heavy atom. The maximum Gasteiger partial charge on any atom is 0.337 e. The van der Waals surface area contributed by atoms with E-state index in [4.69, 9.17) is 30.5 Å². The quantitative estimate of drug-likeness (QED) is 0.783. The van der Waals surface area contributed by atoms with Crippen molar-refractivity contribution in [1.29, 1.82) is 0 Å². The lowest BCUT2D eigenvalue weighted by Crippen LogP contribution is -2.35. The van der Waals surface area contributed by atoms with E-state index in [2.05, 4.69) is 5.32 Å². The summed E-state index contributed by atoms with van der Waals surface area (Å²) in [5.41, 5.74) is 3.07. The van der Waals surface area contributed by atoms with Crippen LogP contribution in [-0.4, -0.2) is 33.9 Å². The maximum atomic E-state index is 12.7. The lowest BCUT2D eigenvalue weighted by atomic mass is 9.68. The minimum Gasteiger partial charge on any atom is -0.493 e. The second kappa shape index (κ2) is 6.63. The summed E-state index contributed by atoms with van der Waals surface area (Å²) < 4.78 is 21.8. The molecular weight excluding hydrogens is 382 g/mol. The minimum atomic E-state index is -0.791.